The van der Waals surface area contributed by atoms with E-state index in [1.165, 1.54) is 30.0 Å². The molecule has 0 bridgehead atoms. The summed E-state index contributed by atoms with van der Waals surface area (Å²) in [6.07, 6.45) is 4.30. The Labute approximate surface area is 170 Å². The Hall–Kier alpha value is -2.55. The third-order valence-electron chi connectivity index (χ3n) is 5.49. The minimum Gasteiger partial charge on any atom is -0.379 e. The molecular weight excluding hydrogens is 401 g/mol. The highest BCUT2D eigenvalue weighted by atomic mass is 32.2. The number of rotatable bonds is 3. The van der Waals surface area contributed by atoms with Gasteiger partial charge < -0.3 is 11.1 Å². The highest BCUT2D eigenvalue weighted by molar-refractivity contribution is 8.13. The molecule has 9 heteroatoms. The van der Waals surface area contributed by atoms with E-state index in [-0.39, 0.29) is 11.6 Å². The van der Waals surface area contributed by atoms with Crippen molar-refractivity contribution in [3.63, 3.8) is 0 Å². The predicted molar refractivity (Wildman–Crippen MR) is 106 cm³/mol. The van der Waals surface area contributed by atoms with Crippen LogP contribution < -0.4 is 11.1 Å². The number of hydrogen-bond acceptors (Lipinski definition) is 5. The summed E-state index contributed by atoms with van der Waals surface area (Å²) < 4.78 is 41.7. The lowest BCUT2D eigenvalue weighted by Gasteiger charge is -2.44. The Morgan fingerprint density at radius 3 is 2.83 bits per heavy atom. The van der Waals surface area contributed by atoms with Gasteiger partial charge >= 0.3 is 0 Å². The van der Waals surface area contributed by atoms with Gasteiger partial charge in [0.25, 0.3) is 5.91 Å². The molecule has 4 rings (SSSR count). The molecule has 2 aromatic rings. The first-order valence-corrected chi connectivity index (χ1v) is 10.3. The molecule has 152 valence electrons. The summed E-state index contributed by atoms with van der Waals surface area (Å²) in [5.74, 6) is -2.32. The zero-order valence-corrected chi connectivity index (χ0v) is 16.2. The van der Waals surface area contributed by atoms with Gasteiger partial charge in [0.15, 0.2) is 16.7 Å². The van der Waals surface area contributed by atoms with Crippen molar-refractivity contribution >= 4 is 28.5 Å². The number of hydrogen-bond donors (Lipinski definition) is 2. The van der Waals surface area contributed by atoms with E-state index in [1.54, 1.807) is 0 Å². The SMILES string of the molecule is NC1=N[C@@]2(c3cc(NC(=O)c4ncc(F)cc4F)ccc3F)CCCC[C@H]2CS1. The number of anilines is 1. The van der Waals surface area contributed by atoms with E-state index in [1.807, 2.05) is 0 Å². The van der Waals surface area contributed by atoms with Gasteiger partial charge in [-0.1, -0.05) is 24.6 Å². The molecule has 5 nitrogen and oxygen atoms in total. The molecule has 2 aliphatic rings. The van der Waals surface area contributed by atoms with Crippen molar-refractivity contribution in [3.8, 4) is 0 Å². The van der Waals surface area contributed by atoms with E-state index in [2.05, 4.69) is 15.3 Å². The molecule has 1 aromatic heterocycles. The van der Waals surface area contributed by atoms with Crippen LogP contribution in [0.5, 0.6) is 0 Å². The van der Waals surface area contributed by atoms with Crippen LogP contribution in [-0.2, 0) is 5.54 Å². The van der Waals surface area contributed by atoms with Crippen LogP contribution >= 0.6 is 11.8 Å². The molecule has 1 aliphatic carbocycles. The molecule has 0 spiro atoms. The fourth-order valence-electron chi connectivity index (χ4n) is 4.13. The summed E-state index contributed by atoms with van der Waals surface area (Å²) in [7, 11) is 0. The molecule has 1 fully saturated rings. The Bertz CT molecular complexity index is 1000. The maximum absolute atomic E-state index is 14.9. The monoisotopic (exact) mass is 420 g/mol. The summed E-state index contributed by atoms with van der Waals surface area (Å²) in [6, 6.07) is 4.76. The van der Waals surface area contributed by atoms with Gasteiger partial charge in [0.2, 0.25) is 0 Å². The van der Waals surface area contributed by atoms with Crippen molar-refractivity contribution in [1.29, 1.82) is 0 Å². The molecular formula is C20H19F3N4OS. The van der Waals surface area contributed by atoms with Gasteiger partial charge in [0, 0.05) is 23.1 Å². The highest BCUT2D eigenvalue weighted by Gasteiger charge is 2.46. The van der Waals surface area contributed by atoms with Crippen LogP contribution in [0.1, 0.15) is 41.7 Å². The minimum atomic E-state index is -1.07. The van der Waals surface area contributed by atoms with Crippen LogP contribution in [0.2, 0.25) is 0 Å². The van der Waals surface area contributed by atoms with Crippen molar-refractivity contribution in [2.75, 3.05) is 11.1 Å². The van der Waals surface area contributed by atoms with Crippen LogP contribution in [0, 0.1) is 23.4 Å². The number of nitrogens with two attached hydrogens (primary N) is 1. The lowest BCUT2D eigenvalue weighted by atomic mass is 9.69. The molecule has 1 saturated carbocycles. The van der Waals surface area contributed by atoms with Crippen LogP contribution in [0.3, 0.4) is 0 Å². The van der Waals surface area contributed by atoms with Crippen LogP contribution in [-0.4, -0.2) is 21.8 Å². The largest absolute Gasteiger partial charge is 0.379 e. The summed E-state index contributed by atoms with van der Waals surface area (Å²) in [5, 5.41) is 2.94. The fourth-order valence-corrected chi connectivity index (χ4v) is 5.17. The summed E-state index contributed by atoms with van der Waals surface area (Å²) in [4.78, 5) is 20.5. The van der Waals surface area contributed by atoms with Gasteiger partial charge in [-0.05, 0) is 37.0 Å². The number of aromatic nitrogens is 1. The van der Waals surface area contributed by atoms with Crippen LogP contribution in [0.25, 0.3) is 0 Å². The fraction of sp³-hybridized carbons (Fsp3) is 0.350. The number of amides is 1. The average Bonchev–Trinajstić information content (AvgIpc) is 2.69. The van der Waals surface area contributed by atoms with Gasteiger partial charge in [-0.2, -0.15) is 0 Å². The molecule has 0 unspecified atom stereocenters. The highest BCUT2D eigenvalue weighted by Crippen LogP contribution is 2.50. The Kier molecular flexibility index (Phi) is 5.24. The quantitative estimate of drug-likeness (QED) is 0.780. The Morgan fingerprint density at radius 2 is 2.03 bits per heavy atom. The van der Waals surface area contributed by atoms with Crippen molar-refractivity contribution < 1.29 is 18.0 Å². The van der Waals surface area contributed by atoms with E-state index in [0.717, 1.165) is 31.2 Å². The first-order chi connectivity index (χ1) is 13.9. The average molecular weight is 420 g/mol. The lowest BCUT2D eigenvalue weighted by molar-refractivity contribution is 0.101. The number of nitrogens with one attached hydrogen (secondary N) is 1. The number of carbonyl (C=O) groups excluding carboxylic acids is 1. The van der Waals surface area contributed by atoms with Crippen LogP contribution in [0.4, 0.5) is 18.9 Å². The molecule has 29 heavy (non-hydrogen) atoms. The number of nitrogens with zero attached hydrogens (tertiary/aromatic N) is 2. The van der Waals surface area contributed by atoms with E-state index in [4.69, 9.17) is 5.73 Å². The second-order valence-corrected chi connectivity index (χ2v) is 8.30. The molecule has 0 saturated heterocycles. The second-order valence-electron chi connectivity index (χ2n) is 7.26. The number of thioether (sulfide) groups is 1. The van der Waals surface area contributed by atoms with Gasteiger partial charge in [-0.25, -0.2) is 18.2 Å². The normalized spacial score (nSPS) is 23.8. The first-order valence-electron chi connectivity index (χ1n) is 9.29. The smallest absolute Gasteiger partial charge is 0.277 e. The molecule has 3 N–H and O–H groups in total. The zero-order chi connectivity index (χ0) is 20.6. The van der Waals surface area contributed by atoms with Crippen molar-refractivity contribution in [1.82, 2.24) is 4.98 Å². The summed E-state index contributed by atoms with van der Waals surface area (Å²) >= 11 is 1.47. The molecule has 1 amide bonds. The standard InChI is InChI=1S/C20H19F3N4OS/c21-12-7-16(23)17(25-9-12)18(28)26-13-4-5-15(22)14(8-13)20-6-2-1-3-11(20)10-29-19(24)27-20/h4-5,7-9,11H,1-3,6,10H2,(H2,24,27)(H,26,28)/t11-,20-/m0/s1. The van der Waals surface area contributed by atoms with Gasteiger partial charge in [-0.15, -0.1) is 0 Å². The van der Waals surface area contributed by atoms with Gasteiger partial charge in [0.1, 0.15) is 11.6 Å². The topological polar surface area (TPSA) is 80.4 Å². The van der Waals surface area contributed by atoms with Crippen molar-refractivity contribution in [2.24, 2.45) is 16.6 Å². The maximum atomic E-state index is 14.9. The van der Waals surface area contributed by atoms with E-state index >= 15 is 0 Å². The van der Waals surface area contributed by atoms with E-state index < -0.39 is 34.6 Å². The second kappa shape index (κ2) is 7.70. The molecule has 1 aliphatic heterocycles. The van der Waals surface area contributed by atoms with E-state index in [0.29, 0.717) is 23.2 Å². The first kappa shape index (κ1) is 19.8. The molecule has 2 atom stereocenters. The Balaban J connectivity index is 1.69. The third kappa shape index (κ3) is 3.71. The molecule has 1 aromatic carbocycles. The number of amidine groups is 1. The third-order valence-corrected chi connectivity index (χ3v) is 6.45. The lowest BCUT2D eigenvalue weighted by Crippen LogP contribution is -2.43. The number of halogens is 3. The van der Waals surface area contributed by atoms with E-state index in [9.17, 15) is 18.0 Å². The van der Waals surface area contributed by atoms with Crippen LogP contribution in [0.15, 0.2) is 35.5 Å². The molecule has 2 heterocycles. The van der Waals surface area contributed by atoms with Crippen molar-refractivity contribution in [3.05, 3.63) is 59.2 Å². The van der Waals surface area contributed by atoms with Gasteiger partial charge in [-0.3, -0.25) is 9.79 Å². The van der Waals surface area contributed by atoms with Crippen molar-refractivity contribution in [2.45, 2.75) is 31.2 Å². The van der Waals surface area contributed by atoms with Gasteiger partial charge in [0.05, 0.1) is 11.7 Å². The summed E-state index contributed by atoms with van der Waals surface area (Å²) in [6.45, 7) is 0. The number of benzene rings is 1. The molecule has 0 radical (unpaired) electrons. The number of fused-ring (bicyclic) bond motifs is 1. The minimum absolute atomic E-state index is 0.144. The number of aliphatic imine (C=N–C) groups is 1. The Morgan fingerprint density at radius 1 is 1.21 bits per heavy atom. The number of pyridine rings is 1. The zero-order valence-electron chi connectivity index (χ0n) is 15.4. The number of carbonyl (C=O) groups is 1. The summed E-state index contributed by atoms with van der Waals surface area (Å²) in [5.41, 5.74) is 5.32. The maximum Gasteiger partial charge on any atom is 0.277 e. The predicted octanol–water partition coefficient (Wildman–Crippen LogP) is 4.20.